The highest BCUT2D eigenvalue weighted by Gasteiger charge is 2.14. The summed E-state index contributed by atoms with van der Waals surface area (Å²) in [4.78, 5) is 4.24. The molecule has 4 nitrogen and oxygen atoms in total. The maximum atomic E-state index is 4.24. The first-order valence-electron chi connectivity index (χ1n) is 5.71. The number of hydrogen-bond acceptors (Lipinski definition) is 3. The van der Waals surface area contributed by atoms with E-state index in [2.05, 4.69) is 36.2 Å². The quantitative estimate of drug-likeness (QED) is 0.771. The summed E-state index contributed by atoms with van der Waals surface area (Å²) in [6, 6.07) is 0.529. The van der Waals surface area contributed by atoms with E-state index in [-0.39, 0.29) is 0 Å². The molecule has 0 bridgehead atoms. The van der Waals surface area contributed by atoms with Crippen LogP contribution >= 0.6 is 0 Å². The van der Waals surface area contributed by atoms with Crippen LogP contribution in [0.2, 0.25) is 0 Å². The highest BCUT2D eigenvalue weighted by atomic mass is 15.3. The van der Waals surface area contributed by atoms with Crippen LogP contribution in [0.3, 0.4) is 0 Å². The van der Waals surface area contributed by atoms with Crippen LogP contribution in [0.15, 0.2) is 6.33 Å². The SMILES string of the molecule is CCCNC(C)C(C)Cc1ncnn1C. The predicted octanol–water partition coefficient (Wildman–Crippen LogP) is 1.38. The molecular weight excluding hydrogens is 188 g/mol. The third-order valence-electron chi connectivity index (χ3n) is 2.88. The number of nitrogens with one attached hydrogen (secondary N) is 1. The zero-order chi connectivity index (χ0) is 11.3. The van der Waals surface area contributed by atoms with E-state index in [9.17, 15) is 0 Å². The van der Waals surface area contributed by atoms with Crippen LogP contribution in [0, 0.1) is 5.92 Å². The maximum Gasteiger partial charge on any atom is 0.138 e. The van der Waals surface area contributed by atoms with Gasteiger partial charge >= 0.3 is 0 Å². The lowest BCUT2D eigenvalue weighted by Crippen LogP contribution is -2.34. The molecule has 0 fully saturated rings. The van der Waals surface area contributed by atoms with Crippen LogP contribution in [0.5, 0.6) is 0 Å². The van der Waals surface area contributed by atoms with Crippen molar-refractivity contribution in [1.82, 2.24) is 20.1 Å². The number of rotatable bonds is 6. The summed E-state index contributed by atoms with van der Waals surface area (Å²) in [7, 11) is 1.94. The lowest BCUT2D eigenvalue weighted by molar-refractivity contribution is 0.388. The van der Waals surface area contributed by atoms with Crippen molar-refractivity contribution in [2.24, 2.45) is 13.0 Å². The molecule has 4 heteroatoms. The first kappa shape index (κ1) is 12.2. The molecule has 0 aliphatic carbocycles. The van der Waals surface area contributed by atoms with Gasteiger partial charge in [-0.1, -0.05) is 13.8 Å². The summed E-state index contributed by atoms with van der Waals surface area (Å²) in [5.41, 5.74) is 0. The van der Waals surface area contributed by atoms with Crippen LogP contribution in [-0.2, 0) is 13.5 Å². The molecule has 0 amide bonds. The molecule has 86 valence electrons. The molecule has 1 rings (SSSR count). The van der Waals surface area contributed by atoms with Gasteiger partial charge < -0.3 is 5.32 Å². The molecule has 0 aliphatic rings. The topological polar surface area (TPSA) is 42.7 Å². The zero-order valence-electron chi connectivity index (χ0n) is 10.2. The van der Waals surface area contributed by atoms with Gasteiger partial charge in [-0.05, 0) is 25.8 Å². The normalized spacial score (nSPS) is 15.2. The molecular formula is C11H22N4. The van der Waals surface area contributed by atoms with Gasteiger partial charge in [0.2, 0.25) is 0 Å². The average Bonchev–Trinajstić information content (AvgIpc) is 2.61. The van der Waals surface area contributed by atoms with Crippen LogP contribution in [-0.4, -0.2) is 27.4 Å². The van der Waals surface area contributed by atoms with Crippen LogP contribution in [0.4, 0.5) is 0 Å². The van der Waals surface area contributed by atoms with Crippen molar-refractivity contribution in [1.29, 1.82) is 0 Å². The molecule has 2 unspecified atom stereocenters. The monoisotopic (exact) mass is 210 g/mol. The molecule has 0 aromatic carbocycles. The van der Waals surface area contributed by atoms with Crippen molar-refractivity contribution in [2.45, 2.75) is 39.7 Å². The van der Waals surface area contributed by atoms with E-state index in [1.54, 1.807) is 6.33 Å². The minimum Gasteiger partial charge on any atom is -0.314 e. The van der Waals surface area contributed by atoms with E-state index in [1.807, 2.05) is 11.7 Å². The molecule has 1 aromatic heterocycles. The van der Waals surface area contributed by atoms with E-state index in [4.69, 9.17) is 0 Å². The van der Waals surface area contributed by atoms with Gasteiger partial charge in [0.25, 0.3) is 0 Å². The van der Waals surface area contributed by atoms with Gasteiger partial charge in [-0.3, -0.25) is 4.68 Å². The number of aromatic nitrogens is 3. The Morgan fingerprint density at radius 3 is 2.73 bits per heavy atom. The zero-order valence-corrected chi connectivity index (χ0v) is 10.2. The lowest BCUT2D eigenvalue weighted by atomic mass is 9.99. The Morgan fingerprint density at radius 1 is 1.47 bits per heavy atom. The van der Waals surface area contributed by atoms with Gasteiger partial charge in [-0.25, -0.2) is 4.98 Å². The number of nitrogens with zero attached hydrogens (tertiary/aromatic N) is 3. The minimum atomic E-state index is 0.529. The summed E-state index contributed by atoms with van der Waals surface area (Å²) in [6.07, 6.45) is 3.78. The molecule has 2 atom stereocenters. The van der Waals surface area contributed by atoms with Crippen molar-refractivity contribution in [2.75, 3.05) is 6.54 Å². The summed E-state index contributed by atoms with van der Waals surface area (Å²) in [5, 5.41) is 7.58. The second kappa shape index (κ2) is 5.85. The van der Waals surface area contributed by atoms with Crippen molar-refractivity contribution in [3.8, 4) is 0 Å². The van der Waals surface area contributed by atoms with E-state index in [0.29, 0.717) is 12.0 Å². The van der Waals surface area contributed by atoms with Crippen LogP contribution < -0.4 is 5.32 Å². The fourth-order valence-electron chi connectivity index (χ4n) is 1.54. The molecule has 0 saturated heterocycles. The molecule has 0 spiro atoms. The summed E-state index contributed by atoms with van der Waals surface area (Å²) < 4.78 is 1.85. The standard InChI is InChI=1S/C11H22N4/c1-5-6-12-10(3)9(2)7-11-13-8-14-15(11)4/h8-10,12H,5-7H2,1-4H3. The highest BCUT2D eigenvalue weighted by Crippen LogP contribution is 2.09. The number of aryl methyl sites for hydroxylation is 1. The Kier molecular flexibility index (Phi) is 4.75. The largest absolute Gasteiger partial charge is 0.314 e. The van der Waals surface area contributed by atoms with Crippen LogP contribution in [0.1, 0.15) is 33.0 Å². The number of hydrogen-bond donors (Lipinski definition) is 1. The second-order valence-corrected chi connectivity index (χ2v) is 4.22. The lowest BCUT2D eigenvalue weighted by Gasteiger charge is -2.20. The second-order valence-electron chi connectivity index (χ2n) is 4.22. The Morgan fingerprint density at radius 2 is 2.20 bits per heavy atom. The summed E-state index contributed by atoms with van der Waals surface area (Å²) in [6.45, 7) is 7.76. The summed E-state index contributed by atoms with van der Waals surface area (Å²) >= 11 is 0. The van der Waals surface area contributed by atoms with Gasteiger partial charge in [-0.2, -0.15) is 5.10 Å². The van der Waals surface area contributed by atoms with Crippen LogP contribution in [0.25, 0.3) is 0 Å². The maximum absolute atomic E-state index is 4.24. The predicted molar refractivity (Wildman–Crippen MR) is 61.6 cm³/mol. The van der Waals surface area contributed by atoms with Gasteiger partial charge in [0.05, 0.1) is 0 Å². The van der Waals surface area contributed by atoms with Gasteiger partial charge in [0.1, 0.15) is 12.2 Å². The third-order valence-corrected chi connectivity index (χ3v) is 2.88. The van der Waals surface area contributed by atoms with Crippen molar-refractivity contribution < 1.29 is 0 Å². The Hall–Kier alpha value is -0.900. The van der Waals surface area contributed by atoms with Crippen molar-refractivity contribution in [3.05, 3.63) is 12.2 Å². The fourth-order valence-corrected chi connectivity index (χ4v) is 1.54. The third kappa shape index (κ3) is 3.63. The fraction of sp³-hybridized carbons (Fsp3) is 0.818. The molecule has 1 aromatic rings. The minimum absolute atomic E-state index is 0.529. The Bertz CT molecular complexity index is 282. The molecule has 0 aliphatic heterocycles. The summed E-state index contributed by atoms with van der Waals surface area (Å²) in [5.74, 6) is 1.65. The van der Waals surface area contributed by atoms with Crippen molar-refractivity contribution in [3.63, 3.8) is 0 Å². The Balaban J connectivity index is 2.41. The van der Waals surface area contributed by atoms with E-state index in [1.165, 1.54) is 6.42 Å². The van der Waals surface area contributed by atoms with Crippen molar-refractivity contribution >= 4 is 0 Å². The van der Waals surface area contributed by atoms with E-state index in [0.717, 1.165) is 18.8 Å². The molecule has 1 N–H and O–H groups in total. The van der Waals surface area contributed by atoms with E-state index >= 15 is 0 Å². The molecule has 0 radical (unpaired) electrons. The smallest absolute Gasteiger partial charge is 0.138 e. The Labute approximate surface area is 92.1 Å². The average molecular weight is 210 g/mol. The van der Waals surface area contributed by atoms with E-state index < -0.39 is 0 Å². The first-order valence-corrected chi connectivity index (χ1v) is 5.71. The molecule has 0 saturated carbocycles. The van der Waals surface area contributed by atoms with Gasteiger partial charge in [-0.15, -0.1) is 0 Å². The van der Waals surface area contributed by atoms with Gasteiger partial charge in [0.15, 0.2) is 0 Å². The first-order chi connectivity index (χ1) is 7.15. The van der Waals surface area contributed by atoms with Gasteiger partial charge in [0, 0.05) is 19.5 Å². The highest BCUT2D eigenvalue weighted by molar-refractivity contribution is 4.87. The molecule has 15 heavy (non-hydrogen) atoms. The molecule has 1 heterocycles.